The summed E-state index contributed by atoms with van der Waals surface area (Å²) in [6.07, 6.45) is -0.307. The zero-order chi connectivity index (χ0) is 17.9. The van der Waals surface area contributed by atoms with Crippen LogP contribution in [0.15, 0.2) is 4.99 Å². The molecule has 0 aliphatic rings. The van der Waals surface area contributed by atoms with Crippen LogP contribution in [-0.2, 0) is 9.47 Å². The summed E-state index contributed by atoms with van der Waals surface area (Å²) in [5, 5.41) is 6.37. The van der Waals surface area contributed by atoms with Crippen molar-refractivity contribution in [2.45, 2.75) is 40.2 Å². The van der Waals surface area contributed by atoms with Gasteiger partial charge in [0, 0.05) is 40.3 Å². The average molecular weight is 330 g/mol. The standard InChI is InChI=1S/C16H34N4O3/c1-8-17-14(18-9-10-22-7)19-11-13(2)12-20(6)15(21)23-16(3,4)5/h13H,8-12H2,1-7H3,(H2,17,18,19). The van der Waals surface area contributed by atoms with Crippen LogP contribution in [-0.4, -0.2) is 69.5 Å². The number of methoxy groups -OCH3 is 1. The molecule has 0 aromatic carbocycles. The van der Waals surface area contributed by atoms with Gasteiger partial charge in [-0.2, -0.15) is 0 Å². The largest absolute Gasteiger partial charge is 0.444 e. The molecule has 7 heteroatoms. The summed E-state index contributed by atoms with van der Waals surface area (Å²) in [4.78, 5) is 18.1. The van der Waals surface area contributed by atoms with Crippen LogP contribution in [0.4, 0.5) is 4.79 Å². The molecule has 0 spiro atoms. The molecular weight excluding hydrogens is 296 g/mol. The lowest BCUT2D eigenvalue weighted by molar-refractivity contribution is 0.0279. The second-order valence-electron chi connectivity index (χ2n) is 6.61. The Bertz CT molecular complexity index is 367. The molecule has 7 nitrogen and oxygen atoms in total. The highest BCUT2D eigenvalue weighted by Crippen LogP contribution is 2.10. The second-order valence-corrected chi connectivity index (χ2v) is 6.61. The molecule has 2 N–H and O–H groups in total. The Morgan fingerprint density at radius 3 is 2.48 bits per heavy atom. The predicted molar refractivity (Wildman–Crippen MR) is 93.9 cm³/mol. The predicted octanol–water partition coefficient (Wildman–Crippen LogP) is 1.69. The lowest BCUT2D eigenvalue weighted by atomic mass is 10.2. The molecule has 0 heterocycles. The van der Waals surface area contributed by atoms with Crippen molar-refractivity contribution in [1.29, 1.82) is 0 Å². The molecule has 0 fully saturated rings. The lowest BCUT2D eigenvalue weighted by Gasteiger charge is -2.26. The van der Waals surface area contributed by atoms with Crippen LogP contribution in [0.3, 0.4) is 0 Å². The van der Waals surface area contributed by atoms with Crippen molar-refractivity contribution < 1.29 is 14.3 Å². The molecule has 1 atom stereocenters. The first-order valence-corrected chi connectivity index (χ1v) is 8.14. The van der Waals surface area contributed by atoms with Crippen molar-refractivity contribution in [2.24, 2.45) is 10.9 Å². The summed E-state index contributed by atoms with van der Waals surface area (Å²) in [5.41, 5.74) is -0.476. The van der Waals surface area contributed by atoms with E-state index in [-0.39, 0.29) is 12.0 Å². The summed E-state index contributed by atoms with van der Waals surface area (Å²) in [6, 6.07) is 0. The third kappa shape index (κ3) is 11.7. The molecule has 0 radical (unpaired) electrons. The van der Waals surface area contributed by atoms with Gasteiger partial charge in [-0.1, -0.05) is 6.92 Å². The van der Waals surface area contributed by atoms with Gasteiger partial charge in [0.1, 0.15) is 5.60 Å². The molecular formula is C16H34N4O3. The lowest BCUT2D eigenvalue weighted by Crippen LogP contribution is -2.40. The summed E-state index contributed by atoms with van der Waals surface area (Å²) in [6.45, 7) is 13.0. The molecule has 1 amide bonds. The zero-order valence-corrected chi connectivity index (χ0v) is 15.7. The minimum atomic E-state index is -0.476. The van der Waals surface area contributed by atoms with Gasteiger partial charge in [0.2, 0.25) is 0 Å². The van der Waals surface area contributed by atoms with Crippen molar-refractivity contribution in [3.8, 4) is 0 Å². The normalized spacial score (nSPS) is 13.4. The molecule has 0 aliphatic carbocycles. The maximum absolute atomic E-state index is 11.9. The Balaban J connectivity index is 4.34. The van der Waals surface area contributed by atoms with Gasteiger partial charge in [-0.15, -0.1) is 0 Å². The Kier molecular flexibility index (Phi) is 10.4. The van der Waals surface area contributed by atoms with Gasteiger partial charge in [0.05, 0.1) is 6.61 Å². The summed E-state index contributed by atoms with van der Waals surface area (Å²) in [7, 11) is 3.41. The van der Waals surface area contributed by atoms with Crippen LogP contribution in [0.25, 0.3) is 0 Å². The molecule has 0 saturated heterocycles. The first-order chi connectivity index (χ1) is 10.7. The Hall–Kier alpha value is -1.50. The molecule has 0 aromatic rings. The number of carbonyl (C=O) groups excluding carboxylic acids is 1. The maximum Gasteiger partial charge on any atom is 0.410 e. The van der Waals surface area contributed by atoms with Gasteiger partial charge in [-0.05, 0) is 33.6 Å². The number of nitrogens with zero attached hydrogens (tertiary/aromatic N) is 2. The Morgan fingerprint density at radius 2 is 1.96 bits per heavy atom. The Morgan fingerprint density at radius 1 is 1.30 bits per heavy atom. The van der Waals surface area contributed by atoms with E-state index in [1.165, 1.54) is 0 Å². The highest BCUT2D eigenvalue weighted by Gasteiger charge is 2.20. The van der Waals surface area contributed by atoms with E-state index in [4.69, 9.17) is 9.47 Å². The van der Waals surface area contributed by atoms with Crippen molar-refractivity contribution in [1.82, 2.24) is 15.5 Å². The van der Waals surface area contributed by atoms with E-state index < -0.39 is 5.60 Å². The van der Waals surface area contributed by atoms with E-state index in [1.54, 1.807) is 19.1 Å². The molecule has 23 heavy (non-hydrogen) atoms. The molecule has 0 rings (SSSR count). The minimum Gasteiger partial charge on any atom is -0.444 e. The van der Waals surface area contributed by atoms with Crippen LogP contribution in [0.1, 0.15) is 34.6 Å². The zero-order valence-electron chi connectivity index (χ0n) is 15.7. The van der Waals surface area contributed by atoms with E-state index >= 15 is 0 Å². The smallest absolute Gasteiger partial charge is 0.410 e. The molecule has 136 valence electrons. The second kappa shape index (κ2) is 11.1. The summed E-state index contributed by atoms with van der Waals surface area (Å²) in [5.74, 6) is 0.988. The number of amides is 1. The van der Waals surface area contributed by atoms with Gasteiger partial charge in [0.25, 0.3) is 0 Å². The van der Waals surface area contributed by atoms with Crippen LogP contribution < -0.4 is 10.6 Å². The topological polar surface area (TPSA) is 75.2 Å². The van der Waals surface area contributed by atoms with Gasteiger partial charge in [0.15, 0.2) is 5.96 Å². The van der Waals surface area contributed by atoms with Crippen LogP contribution >= 0.6 is 0 Å². The summed E-state index contributed by atoms with van der Waals surface area (Å²) >= 11 is 0. The van der Waals surface area contributed by atoms with Gasteiger partial charge >= 0.3 is 6.09 Å². The Labute approximate surface area is 140 Å². The fourth-order valence-electron chi connectivity index (χ4n) is 1.80. The first kappa shape index (κ1) is 21.5. The molecule has 1 unspecified atom stereocenters. The van der Waals surface area contributed by atoms with Crippen molar-refractivity contribution in [3.05, 3.63) is 0 Å². The fraction of sp³-hybridized carbons (Fsp3) is 0.875. The number of nitrogens with one attached hydrogen (secondary N) is 2. The number of hydrogen-bond donors (Lipinski definition) is 2. The minimum absolute atomic E-state index is 0.227. The number of guanidine groups is 1. The number of ether oxygens (including phenoxy) is 2. The first-order valence-electron chi connectivity index (χ1n) is 8.14. The van der Waals surface area contributed by atoms with Gasteiger partial charge in [-0.25, -0.2) is 4.79 Å². The monoisotopic (exact) mass is 330 g/mol. The highest BCUT2D eigenvalue weighted by atomic mass is 16.6. The average Bonchev–Trinajstić information content (AvgIpc) is 2.43. The number of hydrogen-bond acceptors (Lipinski definition) is 4. The third-order valence-electron chi connectivity index (χ3n) is 2.79. The maximum atomic E-state index is 11.9. The highest BCUT2D eigenvalue weighted by molar-refractivity contribution is 5.79. The molecule has 0 aromatic heterocycles. The van der Waals surface area contributed by atoms with E-state index in [0.29, 0.717) is 26.2 Å². The molecule has 0 bridgehead atoms. The number of rotatable bonds is 8. The quantitative estimate of drug-likeness (QED) is 0.402. The van der Waals surface area contributed by atoms with E-state index in [9.17, 15) is 4.79 Å². The number of carbonyl (C=O) groups is 1. The SMILES string of the molecule is CCNC(=NCC(C)CN(C)C(=O)OC(C)(C)C)NCCOC. The van der Waals surface area contributed by atoms with E-state index in [2.05, 4.69) is 22.5 Å². The van der Waals surface area contributed by atoms with Crippen molar-refractivity contribution >= 4 is 12.1 Å². The van der Waals surface area contributed by atoms with Crippen LogP contribution in [0, 0.1) is 5.92 Å². The van der Waals surface area contributed by atoms with Gasteiger partial charge < -0.3 is 25.0 Å². The van der Waals surface area contributed by atoms with Gasteiger partial charge in [-0.3, -0.25) is 4.99 Å². The van der Waals surface area contributed by atoms with Crippen molar-refractivity contribution in [2.75, 3.05) is 46.9 Å². The summed E-state index contributed by atoms with van der Waals surface area (Å²) < 4.78 is 10.4. The van der Waals surface area contributed by atoms with Crippen LogP contribution in [0.2, 0.25) is 0 Å². The van der Waals surface area contributed by atoms with Crippen LogP contribution in [0.5, 0.6) is 0 Å². The molecule has 0 aliphatic heterocycles. The van der Waals surface area contributed by atoms with Crippen molar-refractivity contribution in [3.63, 3.8) is 0 Å². The van der Waals surface area contributed by atoms with E-state index in [1.807, 2.05) is 27.7 Å². The molecule has 0 saturated carbocycles. The number of aliphatic imine (C=N–C) groups is 1. The third-order valence-corrected chi connectivity index (χ3v) is 2.79. The van der Waals surface area contributed by atoms with E-state index in [0.717, 1.165) is 12.5 Å². The fourth-order valence-corrected chi connectivity index (χ4v) is 1.80.